The summed E-state index contributed by atoms with van der Waals surface area (Å²) in [5.74, 6) is 0.655. The highest BCUT2D eigenvalue weighted by Crippen LogP contribution is 2.41. The Morgan fingerprint density at radius 3 is 2.66 bits per heavy atom. The molecule has 4 aliphatic rings. The number of aliphatic imine (C=N–C) groups is 2. The van der Waals surface area contributed by atoms with E-state index in [1.54, 1.807) is 11.0 Å². The van der Waals surface area contributed by atoms with Gasteiger partial charge in [0.2, 0.25) is 5.96 Å². The Labute approximate surface area is 191 Å². The van der Waals surface area contributed by atoms with E-state index in [4.69, 9.17) is 9.98 Å². The van der Waals surface area contributed by atoms with Crippen LogP contribution in [0.2, 0.25) is 0 Å². The highest BCUT2D eigenvalue weighted by molar-refractivity contribution is 7.97. The van der Waals surface area contributed by atoms with Gasteiger partial charge in [-0.05, 0) is 38.3 Å². The van der Waals surface area contributed by atoms with E-state index in [9.17, 15) is 9.59 Å². The van der Waals surface area contributed by atoms with Gasteiger partial charge in [0.1, 0.15) is 5.70 Å². The van der Waals surface area contributed by atoms with Gasteiger partial charge < -0.3 is 4.90 Å². The molecule has 1 aromatic carbocycles. The number of fused-ring (bicyclic) bond motifs is 4. The average molecular weight is 445 g/mol. The number of hydrogen-bond donors (Lipinski definition) is 0. The third-order valence-electron chi connectivity index (χ3n) is 6.02. The maximum absolute atomic E-state index is 13.9. The molecule has 1 amide bonds. The Morgan fingerprint density at radius 1 is 1.06 bits per heavy atom. The van der Waals surface area contributed by atoms with Crippen molar-refractivity contribution < 1.29 is 9.59 Å². The van der Waals surface area contributed by atoms with Crippen molar-refractivity contribution in [1.29, 1.82) is 0 Å². The van der Waals surface area contributed by atoms with E-state index in [1.165, 1.54) is 11.9 Å². The van der Waals surface area contributed by atoms with Crippen LogP contribution in [0.15, 0.2) is 75.9 Å². The van der Waals surface area contributed by atoms with Gasteiger partial charge in [-0.25, -0.2) is 9.98 Å². The second-order valence-corrected chi connectivity index (χ2v) is 8.77. The minimum atomic E-state index is -0.242. The lowest BCUT2D eigenvalue weighted by atomic mass is 9.76. The predicted octanol–water partition coefficient (Wildman–Crippen LogP) is 4.25. The first-order chi connectivity index (χ1) is 15.6. The first-order valence-corrected chi connectivity index (χ1v) is 11.9. The normalized spacial score (nSPS) is 26.1. The Morgan fingerprint density at radius 2 is 1.88 bits per heavy atom. The summed E-state index contributed by atoms with van der Waals surface area (Å²) in [5, 5.41) is 0. The second kappa shape index (κ2) is 8.39. The summed E-state index contributed by atoms with van der Waals surface area (Å²) in [6.07, 6.45) is 10.8. The van der Waals surface area contributed by atoms with Crippen LogP contribution in [-0.2, 0) is 4.79 Å². The fourth-order valence-electron chi connectivity index (χ4n) is 4.34. The molecule has 1 aromatic rings. The number of Topliss-reactive ketones (excluding diaryl/α,β-unsaturated/α-hetero) is 1. The average Bonchev–Trinajstić information content (AvgIpc) is 3.20. The number of hydrogen-bond acceptors (Lipinski definition) is 6. The third-order valence-corrected chi connectivity index (χ3v) is 7.18. The van der Waals surface area contributed by atoms with Crippen molar-refractivity contribution in [2.45, 2.75) is 20.3 Å². The molecule has 0 saturated heterocycles. The van der Waals surface area contributed by atoms with Crippen molar-refractivity contribution in [2.75, 3.05) is 19.0 Å². The van der Waals surface area contributed by atoms with Gasteiger partial charge in [-0.2, -0.15) is 0 Å². The van der Waals surface area contributed by atoms with Crippen LogP contribution in [-0.4, -0.2) is 51.5 Å². The van der Waals surface area contributed by atoms with Crippen molar-refractivity contribution in [2.24, 2.45) is 15.9 Å². The van der Waals surface area contributed by atoms with Crippen LogP contribution < -0.4 is 0 Å². The molecule has 2 aliphatic carbocycles. The van der Waals surface area contributed by atoms with Crippen LogP contribution in [0.4, 0.5) is 0 Å². The quantitative estimate of drug-likeness (QED) is 0.505. The van der Waals surface area contributed by atoms with Gasteiger partial charge >= 0.3 is 0 Å². The van der Waals surface area contributed by atoms with Crippen molar-refractivity contribution in [3.05, 3.63) is 77.0 Å². The van der Waals surface area contributed by atoms with E-state index < -0.39 is 0 Å². The van der Waals surface area contributed by atoms with Crippen LogP contribution in [0.5, 0.6) is 0 Å². The maximum Gasteiger partial charge on any atom is 0.255 e. The zero-order valence-electron chi connectivity index (χ0n) is 18.1. The molecule has 1 unspecified atom stereocenters. The SMILES string of the molecule is CCN1CSN(CC)C2=NC3=C(C(=O)/C4=C/C=C\C/C=C\C4C3=N2)c2ccccc2C1=O. The molecule has 6 nitrogen and oxygen atoms in total. The predicted molar refractivity (Wildman–Crippen MR) is 129 cm³/mol. The van der Waals surface area contributed by atoms with Crippen molar-refractivity contribution in [3.8, 4) is 0 Å². The zero-order chi connectivity index (χ0) is 22.2. The van der Waals surface area contributed by atoms with Gasteiger partial charge in [-0.1, -0.05) is 48.6 Å². The summed E-state index contributed by atoms with van der Waals surface area (Å²) in [5.41, 5.74) is 3.64. The van der Waals surface area contributed by atoms with Gasteiger partial charge in [0.25, 0.3) is 5.91 Å². The summed E-state index contributed by atoms with van der Waals surface area (Å²) in [4.78, 5) is 39.0. The number of ketones is 1. The first-order valence-electron chi connectivity index (χ1n) is 10.9. The van der Waals surface area contributed by atoms with Crippen LogP contribution >= 0.6 is 11.9 Å². The van der Waals surface area contributed by atoms with E-state index in [0.29, 0.717) is 52.9 Å². The molecule has 0 fully saturated rings. The molecule has 0 spiro atoms. The second-order valence-electron chi connectivity index (χ2n) is 7.81. The summed E-state index contributed by atoms with van der Waals surface area (Å²) in [6.45, 7) is 5.26. The lowest BCUT2D eigenvalue weighted by molar-refractivity contribution is -0.110. The maximum atomic E-state index is 13.9. The number of guanidine groups is 1. The zero-order valence-corrected chi connectivity index (χ0v) is 18.9. The largest absolute Gasteiger partial charge is 0.328 e. The van der Waals surface area contributed by atoms with Crippen molar-refractivity contribution in [3.63, 3.8) is 0 Å². The number of nitrogens with zero attached hydrogens (tertiary/aromatic N) is 4. The molecule has 0 N–H and O–H groups in total. The monoisotopic (exact) mass is 444 g/mol. The van der Waals surface area contributed by atoms with Crippen molar-refractivity contribution >= 4 is 40.9 Å². The molecular formula is C25H24N4O2S. The topological polar surface area (TPSA) is 65.3 Å². The summed E-state index contributed by atoms with van der Waals surface area (Å²) >= 11 is 1.52. The third kappa shape index (κ3) is 3.28. The smallest absolute Gasteiger partial charge is 0.255 e. The number of carbonyl (C=O) groups excluding carboxylic acids is 2. The Bertz CT molecular complexity index is 1190. The molecule has 1 atom stereocenters. The standard InChI is InChI=1S/C25H24N4O2S/c1-3-28-15-32-29(4-2)25-26-21-17-12-7-5-6-8-13-18(17)23(30)20(22(21)27-25)16-11-9-10-14-19(16)24(28)31/h6-14,17H,3-5,15H2,1-2H3/b8-6-,12-7-,18-13+. The molecule has 2 bridgehead atoms. The van der Waals surface area contributed by atoms with E-state index in [0.717, 1.165) is 12.1 Å². The van der Waals surface area contributed by atoms with Crippen molar-refractivity contribution in [1.82, 2.24) is 9.21 Å². The van der Waals surface area contributed by atoms with Crippen LogP contribution in [0, 0.1) is 5.92 Å². The number of amides is 1. The first kappa shape index (κ1) is 20.7. The molecule has 162 valence electrons. The molecule has 2 aliphatic heterocycles. The summed E-state index contributed by atoms with van der Waals surface area (Å²) < 4.78 is 2.00. The molecule has 5 rings (SSSR count). The molecule has 0 aromatic heterocycles. The van der Waals surface area contributed by atoms with Gasteiger partial charge in [0.15, 0.2) is 5.78 Å². The minimum absolute atomic E-state index is 0.0811. The number of benzene rings is 1. The van der Waals surface area contributed by atoms with Gasteiger partial charge in [0, 0.05) is 29.8 Å². The molecular weight excluding hydrogens is 420 g/mol. The highest BCUT2D eigenvalue weighted by atomic mass is 32.2. The Hall–Kier alpha value is -3.19. The molecule has 2 heterocycles. The summed E-state index contributed by atoms with van der Waals surface area (Å²) in [7, 11) is 0. The van der Waals surface area contributed by atoms with Gasteiger partial charge in [0.05, 0.1) is 23.1 Å². The highest BCUT2D eigenvalue weighted by Gasteiger charge is 2.41. The Kier molecular flexibility index (Phi) is 5.43. The number of rotatable bonds is 2. The lowest BCUT2D eigenvalue weighted by Gasteiger charge is -2.28. The lowest BCUT2D eigenvalue weighted by Crippen LogP contribution is -2.35. The van der Waals surface area contributed by atoms with Gasteiger partial charge in [-0.15, -0.1) is 0 Å². The minimum Gasteiger partial charge on any atom is -0.328 e. The van der Waals surface area contributed by atoms with E-state index in [2.05, 4.69) is 6.08 Å². The summed E-state index contributed by atoms with van der Waals surface area (Å²) in [6, 6.07) is 7.36. The fraction of sp³-hybridized carbons (Fsp3) is 0.280. The number of carbonyl (C=O) groups is 2. The Balaban J connectivity index is 1.81. The van der Waals surface area contributed by atoms with Gasteiger partial charge in [-0.3, -0.25) is 13.9 Å². The van der Waals surface area contributed by atoms with E-state index >= 15 is 0 Å². The fourth-order valence-corrected chi connectivity index (χ4v) is 5.30. The van der Waals surface area contributed by atoms with Crippen LogP contribution in [0.25, 0.3) is 5.57 Å². The van der Waals surface area contributed by atoms with E-state index in [-0.39, 0.29) is 17.6 Å². The molecule has 32 heavy (non-hydrogen) atoms. The van der Waals surface area contributed by atoms with E-state index in [1.807, 2.05) is 60.7 Å². The molecule has 0 saturated carbocycles. The van der Waals surface area contributed by atoms with Crippen LogP contribution in [0.1, 0.15) is 36.2 Å². The number of allylic oxidation sites excluding steroid dienone is 8. The molecule has 7 heteroatoms. The van der Waals surface area contributed by atoms with Crippen LogP contribution in [0.3, 0.4) is 0 Å². The molecule has 0 radical (unpaired) electrons.